The molecule has 0 amide bonds. The molecule has 0 bridgehead atoms. The van der Waals surface area contributed by atoms with Gasteiger partial charge in [0.2, 0.25) is 6.29 Å². The highest BCUT2D eigenvalue weighted by atomic mass is 16.7. The molecular weight excluding hydrogens is 204 g/mol. The molecule has 0 radical (unpaired) electrons. The minimum atomic E-state index is -0.435. The molecule has 0 saturated carbocycles. The van der Waals surface area contributed by atoms with Gasteiger partial charge in [0.05, 0.1) is 12.9 Å². The van der Waals surface area contributed by atoms with E-state index in [2.05, 4.69) is 18.8 Å². The maximum absolute atomic E-state index is 5.26. The van der Waals surface area contributed by atoms with Crippen molar-refractivity contribution in [3.05, 3.63) is 12.3 Å². The van der Waals surface area contributed by atoms with E-state index in [4.69, 9.17) is 14.2 Å². The van der Waals surface area contributed by atoms with Crippen molar-refractivity contribution in [3.8, 4) is 11.8 Å². The summed E-state index contributed by atoms with van der Waals surface area (Å²) in [6, 6.07) is 0. The summed E-state index contributed by atoms with van der Waals surface area (Å²) in [6.45, 7) is 7.89. The van der Waals surface area contributed by atoms with Crippen LogP contribution in [0.15, 0.2) is 12.3 Å². The quantitative estimate of drug-likeness (QED) is 0.276. The summed E-state index contributed by atoms with van der Waals surface area (Å²) in [4.78, 5) is 0. The van der Waals surface area contributed by atoms with E-state index >= 15 is 0 Å². The van der Waals surface area contributed by atoms with Crippen molar-refractivity contribution in [2.75, 3.05) is 19.8 Å². The highest BCUT2D eigenvalue weighted by molar-refractivity contribution is 5.15. The highest BCUT2D eigenvalue weighted by Gasteiger charge is 2.00. The monoisotopic (exact) mass is 226 g/mol. The predicted octanol–water partition coefficient (Wildman–Crippen LogP) is 2.72. The second-order valence-corrected chi connectivity index (χ2v) is 3.06. The Balaban J connectivity index is 3.76. The molecule has 0 heterocycles. The van der Waals surface area contributed by atoms with Crippen molar-refractivity contribution in [1.29, 1.82) is 0 Å². The molecule has 3 heteroatoms. The molecule has 0 spiro atoms. The molecule has 0 unspecified atom stereocenters. The Labute approximate surface area is 98.8 Å². The van der Waals surface area contributed by atoms with Crippen LogP contribution in [-0.4, -0.2) is 26.1 Å². The minimum absolute atomic E-state index is 0.435. The van der Waals surface area contributed by atoms with Crippen molar-refractivity contribution in [3.63, 3.8) is 0 Å². The number of rotatable bonds is 8. The molecule has 92 valence electrons. The van der Waals surface area contributed by atoms with Gasteiger partial charge in [-0.25, -0.2) is 0 Å². The Kier molecular flexibility index (Phi) is 11.4. The van der Waals surface area contributed by atoms with Crippen molar-refractivity contribution < 1.29 is 14.2 Å². The van der Waals surface area contributed by atoms with Crippen LogP contribution in [0.5, 0.6) is 0 Å². The molecule has 3 nitrogen and oxygen atoms in total. The Morgan fingerprint density at radius 1 is 1.12 bits per heavy atom. The molecule has 0 aliphatic carbocycles. The van der Waals surface area contributed by atoms with Gasteiger partial charge in [-0.2, -0.15) is 0 Å². The molecule has 0 aromatic heterocycles. The van der Waals surface area contributed by atoms with Gasteiger partial charge < -0.3 is 14.2 Å². The van der Waals surface area contributed by atoms with Crippen molar-refractivity contribution in [2.24, 2.45) is 0 Å². The second-order valence-electron chi connectivity index (χ2n) is 3.06. The fourth-order valence-corrected chi connectivity index (χ4v) is 0.928. The van der Waals surface area contributed by atoms with Gasteiger partial charge in [0, 0.05) is 19.3 Å². The molecule has 0 atom stereocenters. The average molecular weight is 226 g/mol. The smallest absolute Gasteiger partial charge is 0.222 e. The lowest BCUT2D eigenvalue weighted by Gasteiger charge is -2.09. The number of unbranched alkanes of at least 4 members (excludes halogenated alkanes) is 1. The van der Waals surface area contributed by atoms with Crippen LogP contribution in [-0.2, 0) is 14.2 Å². The van der Waals surface area contributed by atoms with E-state index in [1.807, 2.05) is 13.8 Å². The molecule has 0 fully saturated rings. The van der Waals surface area contributed by atoms with E-state index in [9.17, 15) is 0 Å². The largest absolute Gasteiger partial charge is 0.501 e. The van der Waals surface area contributed by atoms with E-state index in [0.29, 0.717) is 13.2 Å². The Hall–Kier alpha value is -0.980. The van der Waals surface area contributed by atoms with E-state index in [1.165, 1.54) is 0 Å². The Morgan fingerprint density at radius 3 is 2.38 bits per heavy atom. The predicted molar refractivity (Wildman–Crippen MR) is 64.8 cm³/mol. The molecule has 0 saturated heterocycles. The third-order valence-electron chi connectivity index (χ3n) is 1.70. The van der Waals surface area contributed by atoms with Crippen LogP contribution in [0.3, 0.4) is 0 Å². The zero-order chi connectivity index (χ0) is 12.1. The molecular formula is C13H22O3. The number of hydrogen-bond acceptors (Lipinski definition) is 3. The van der Waals surface area contributed by atoms with Gasteiger partial charge in [0.1, 0.15) is 0 Å². The van der Waals surface area contributed by atoms with Gasteiger partial charge in [-0.1, -0.05) is 19.3 Å². The topological polar surface area (TPSA) is 27.7 Å². The van der Waals surface area contributed by atoms with Crippen LogP contribution in [0.25, 0.3) is 0 Å². The van der Waals surface area contributed by atoms with E-state index in [1.54, 1.807) is 12.3 Å². The average Bonchev–Trinajstić information content (AvgIpc) is 2.28. The lowest BCUT2D eigenvalue weighted by molar-refractivity contribution is -0.0969. The number of hydrogen-bond donors (Lipinski definition) is 0. The van der Waals surface area contributed by atoms with Crippen LogP contribution >= 0.6 is 0 Å². The standard InChI is InChI=1S/C13H22O3/c1-4-7-11-14-12-9-8-10-13(15-5-2)16-6-3/h9,12-13H,4-7,11H2,1-3H3. The molecule has 0 aliphatic heterocycles. The van der Waals surface area contributed by atoms with Gasteiger partial charge >= 0.3 is 0 Å². The molecule has 16 heavy (non-hydrogen) atoms. The summed E-state index contributed by atoms with van der Waals surface area (Å²) >= 11 is 0. The van der Waals surface area contributed by atoms with Gasteiger partial charge in [0.25, 0.3) is 0 Å². The number of allylic oxidation sites excluding steroid dienone is 1. The second kappa shape index (κ2) is 12.1. The summed E-state index contributed by atoms with van der Waals surface area (Å²) in [6.07, 6.45) is 5.04. The Morgan fingerprint density at radius 2 is 1.81 bits per heavy atom. The molecule has 0 rings (SSSR count). The normalized spacial score (nSPS) is 10.5. The lowest BCUT2D eigenvalue weighted by atomic mass is 10.4. The van der Waals surface area contributed by atoms with Gasteiger partial charge in [-0.3, -0.25) is 0 Å². The van der Waals surface area contributed by atoms with Crippen LogP contribution in [0, 0.1) is 11.8 Å². The minimum Gasteiger partial charge on any atom is -0.501 e. The van der Waals surface area contributed by atoms with Crippen molar-refractivity contribution in [2.45, 2.75) is 39.9 Å². The highest BCUT2D eigenvalue weighted by Crippen LogP contribution is 1.92. The van der Waals surface area contributed by atoms with Crippen LogP contribution < -0.4 is 0 Å². The number of ether oxygens (including phenoxy) is 3. The van der Waals surface area contributed by atoms with E-state index in [0.717, 1.165) is 19.4 Å². The molecule has 0 aromatic rings. The molecule has 0 aromatic carbocycles. The van der Waals surface area contributed by atoms with Crippen LogP contribution in [0.1, 0.15) is 33.6 Å². The maximum atomic E-state index is 5.26. The summed E-state index contributed by atoms with van der Waals surface area (Å²) in [5.41, 5.74) is 0. The van der Waals surface area contributed by atoms with Crippen LogP contribution in [0.2, 0.25) is 0 Å². The van der Waals surface area contributed by atoms with Crippen molar-refractivity contribution >= 4 is 0 Å². The van der Waals surface area contributed by atoms with Gasteiger partial charge in [0.15, 0.2) is 0 Å². The first-order valence-electron chi connectivity index (χ1n) is 5.86. The summed E-state index contributed by atoms with van der Waals surface area (Å²) in [5, 5.41) is 0. The zero-order valence-electron chi connectivity index (χ0n) is 10.5. The first kappa shape index (κ1) is 15.0. The first-order valence-corrected chi connectivity index (χ1v) is 5.86. The summed E-state index contributed by atoms with van der Waals surface area (Å²) in [7, 11) is 0. The fourth-order valence-electron chi connectivity index (χ4n) is 0.928. The van der Waals surface area contributed by atoms with Crippen LogP contribution in [0.4, 0.5) is 0 Å². The van der Waals surface area contributed by atoms with E-state index in [-0.39, 0.29) is 0 Å². The zero-order valence-corrected chi connectivity index (χ0v) is 10.5. The van der Waals surface area contributed by atoms with Gasteiger partial charge in [-0.15, -0.1) is 0 Å². The maximum Gasteiger partial charge on any atom is 0.222 e. The third-order valence-corrected chi connectivity index (χ3v) is 1.70. The fraction of sp³-hybridized carbons (Fsp3) is 0.692. The SMILES string of the molecule is CCCCOC=CC#CC(OCC)OCC. The summed E-state index contributed by atoms with van der Waals surface area (Å²) in [5.74, 6) is 5.68. The van der Waals surface area contributed by atoms with E-state index < -0.39 is 6.29 Å². The van der Waals surface area contributed by atoms with Gasteiger partial charge in [-0.05, 0) is 26.2 Å². The molecule has 0 aliphatic rings. The summed E-state index contributed by atoms with van der Waals surface area (Å²) < 4.78 is 15.7. The molecule has 0 N–H and O–H groups in total. The van der Waals surface area contributed by atoms with Crippen molar-refractivity contribution in [1.82, 2.24) is 0 Å². The Bertz CT molecular complexity index is 219. The first-order chi connectivity index (χ1) is 7.85. The third kappa shape index (κ3) is 9.57. The lowest BCUT2D eigenvalue weighted by Crippen LogP contribution is -2.14.